The van der Waals surface area contributed by atoms with E-state index < -0.39 is 22.5 Å². The van der Waals surface area contributed by atoms with Crippen molar-refractivity contribution in [2.24, 2.45) is 0 Å². The van der Waals surface area contributed by atoms with Crippen LogP contribution in [0.5, 0.6) is 5.75 Å². The number of amides is 1. The Hall–Kier alpha value is -3.50. The van der Waals surface area contributed by atoms with E-state index in [0.29, 0.717) is 28.4 Å². The quantitative estimate of drug-likeness (QED) is 0.339. The molecule has 0 spiro atoms. The van der Waals surface area contributed by atoms with Crippen LogP contribution in [0.2, 0.25) is 0 Å². The highest BCUT2D eigenvalue weighted by Crippen LogP contribution is 2.34. The Morgan fingerprint density at radius 3 is 2.36 bits per heavy atom. The van der Waals surface area contributed by atoms with Crippen molar-refractivity contribution < 1.29 is 17.9 Å². The molecule has 0 unspecified atom stereocenters. The molecule has 0 saturated heterocycles. The average Bonchev–Trinajstić information content (AvgIpc) is 3.34. The topological polar surface area (TPSA) is 101 Å². The van der Waals surface area contributed by atoms with Crippen LogP contribution in [0.4, 0.5) is 10.8 Å². The molecule has 0 aliphatic rings. The van der Waals surface area contributed by atoms with Gasteiger partial charge in [0.25, 0.3) is 10.0 Å². The second kappa shape index (κ2) is 10.2. The van der Waals surface area contributed by atoms with Crippen LogP contribution in [0, 0.1) is 0 Å². The van der Waals surface area contributed by atoms with Crippen LogP contribution in [0.25, 0.3) is 10.8 Å². The van der Waals surface area contributed by atoms with E-state index in [1.54, 1.807) is 48.5 Å². The summed E-state index contributed by atoms with van der Waals surface area (Å²) >= 11 is 1.16. The molecule has 0 bridgehead atoms. The highest BCUT2D eigenvalue weighted by atomic mass is 32.2. The minimum atomic E-state index is -4.15. The molecule has 1 aromatic heterocycles. The lowest BCUT2D eigenvalue weighted by atomic mass is 9.98. The van der Waals surface area contributed by atoms with E-state index >= 15 is 0 Å². The van der Waals surface area contributed by atoms with Crippen molar-refractivity contribution >= 4 is 48.9 Å². The van der Waals surface area contributed by atoms with Gasteiger partial charge in [-0.05, 0) is 42.6 Å². The van der Waals surface area contributed by atoms with Crippen molar-refractivity contribution in [3.8, 4) is 5.75 Å². The first-order valence-electron chi connectivity index (χ1n) is 11.5. The van der Waals surface area contributed by atoms with Gasteiger partial charge in [0.1, 0.15) is 17.3 Å². The van der Waals surface area contributed by atoms with Crippen molar-refractivity contribution in [1.29, 1.82) is 0 Å². The van der Waals surface area contributed by atoms with E-state index in [-0.39, 0.29) is 15.4 Å². The zero-order valence-electron chi connectivity index (χ0n) is 20.6. The molecular weight excluding hydrogens is 496 g/mol. The van der Waals surface area contributed by atoms with Gasteiger partial charge in [0, 0.05) is 16.5 Å². The van der Waals surface area contributed by atoms with Crippen LogP contribution in [0.1, 0.15) is 32.7 Å². The number of hydrogen-bond donors (Lipinski definition) is 1. The smallest absolute Gasteiger partial charge is 0.267 e. The highest BCUT2D eigenvalue weighted by molar-refractivity contribution is 7.93. The number of benzene rings is 3. The van der Waals surface area contributed by atoms with E-state index in [1.165, 1.54) is 0 Å². The van der Waals surface area contributed by atoms with Crippen molar-refractivity contribution in [3.05, 3.63) is 71.7 Å². The van der Waals surface area contributed by atoms with Crippen LogP contribution in [-0.2, 0) is 20.2 Å². The monoisotopic (exact) mass is 524 g/mol. The lowest BCUT2D eigenvalue weighted by molar-refractivity contribution is -0.114. The first-order chi connectivity index (χ1) is 17.1. The van der Waals surface area contributed by atoms with Gasteiger partial charge in [-0.3, -0.25) is 4.79 Å². The summed E-state index contributed by atoms with van der Waals surface area (Å²) in [7, 11) is -4.15. The molecule has 0 aliphatic carbocycles. The van der Waals surface area contributed by atoms with Gasteiger partial charge in [0.05, 0.1) is 11.5 Å². The SMILES string of the molecule is CCOc1ccc(NC(=O)CN(c2nnc(C(C)(C)C)s2)S(=O)(=O)c2cccc3ccccc23)cc1. The fraction of sp³-hybridized carbons (Fsp3) is 0.269. The van der Waals surface area contributed by atoms with Gasteiger partial charge >= 0.3 is 0 Å². The summed E-state index contributed by atoms with van der Waals surface area (Å²) in [5, 5.41) is 13.3. The van der Waals surface area contributed by atoms with Gasteiger partial charge in [-0.2, -0.15) is 0 Å². The number of carbonyl (C=O) groups excluding carboxylic acids is 1. The van der Waals surface area contributed by atoms with Crippen molar-refractivity contribution in [2.75, 3.05) is 22.8 Å². The summed E-state index contributed by atoms with van der Waals surface area (Å²) < 4.78 is 34.4. The van der Waals surface area contributed by atoms with Gasteiger partial charge in [-0.15, -0.1) is 10.2 Å². The molecule has 4 aromatic rings. The van der Waals surface area contributed by atoms with Crippen LogP contribution >= 0.6 is 11.3 Å². The van der Waals surface area contributed by atoms with Crippen molar-refractivity contribution in [3.63, 3.8) is 0 Å². The average molecular weight is 525 g/mol. The molecule has 0 radical (unpaired) electrons. The summed E-state index contributed by atoms with van der Waals surface area (Å²) in [4.78, 5) is 13.2. The van der Waals surface area contributed by atoms with Crippen LogP contribution in [-0.4, -0.2) is 37.7 Å². The Balaban J connectivity index is 1.70. The van der Waals surface area contributed by atoms with E-state index in [0.717, 1.165) is 21.0 Å². The Morgan fingerprint density at radius 2 is 1.69 bits per heavy atom. The van der Waals surface area contributed by atoms with Crippen molar-refractivity contribution in [1.82, 2.24) is 10.2 Å². The second-order valence-corrected chi connectivity index (χ2v) is 11.9. The van der Waals surface area contributed by atoms with Gasteiger partial charge in [-0.25, -0.2) is 12.7 Å². The van der Waals surface area contributed by atoms with E-state index in [1.807, 2.05) is 45.9 Å². The second-order valence-electron chi connectivity index (χ2n) is 9.13. The maximum atomic E-state index is 14.0. The third-order valence-electron chi connectivity index (χ3n) is 5.32. The molecule has 0 aliphatic heterocycles. The Labute approximate surface area is 215 Å². The number of anilines is 2. The molecule has 36 heavy (non-hydrogen) atoms. The molecule has 0 fully saturated rings. The largest absolute Gasteiger partial charge is 0.494 e. The number of rotatable bonds is 8. The maximum absolute atomic E-state index is 14.0. The Morgan fingerprint density at radius 1 is 1.00 bits per heavy atom. The van der Waals surface area contributed by atoms with Gasteiger partial charge in [0.2, 0.25) is 11.0 Å². The molecular formula is C26H28N4O4S2. The van der Waals surface area contributed by atoms with Crippen LogP contribution in [0.15, 0.2) is 71.6 Å². The lowest BCUT2D eigenvalue weighted by Crippen LogP contribution is -2.38. The maximum Gasteiger partial charge on any atom is 0.267 e. The predicted molar refractivity (Wildman–Crippen MR) is 143 cm³/mol. The highest BCUT2D eigenvalue weighted by Gasteiger charge is 2.32. The molecule has 0 saturated carbocycles. The number of ether oxygens (including phenoxy) is 1. The minimum Gasteiger partial charge on any atom is -0.494 e. The summed E-state index contributed by atoms with van der Waals surface area (Å²) in [6.07, 6.45) is 0. The summed E-state index contributed by atoms with van der Waals surface area (Å²) in [6.45, 7) is 7.88. The summed E-state index contributed by atoms with van der Waals surface area (Å²) in [5.74, 6) is 0.176. The fourth-order valence-corrected chi connectivity index (χ4v) is 6.24. The molecule has 3 aromatic carbocycles. The first kappa shape index (κ1) is 25.6. The number of sulfonamides is 1. The van der Waals surface area contributed by atoms with E-state index in [9.17, 15) is 13.2 Å². The number of aromatic nitrogens is 2. The predicted octanol–water partition coefficient (Wildman–Crippen LogP) is 5.22. The van der Waals surface area contributed by atoms with Crippen LogP contribution in [0.3, 0.4) is 0 Å². The minimum absolute atomic E-state index is 0.0991. The zero-order valence-corrected chi connectivity index (χ0v) is 22.2. The molecule has 0 atom stereocenters. The third kappa shape index (κ3) is 5.50. The van der Waals surface area contributed by atoms with Crippen molar-refractivity contribution in [2.45, 2.75) is 38.0 Å². The molecule has 8 nitrogen and oxygen atoms in total. The van der Waals surface area contributed by atoms with Gasteiger partial charge in [0.15, 0.2) is 0 Å². The third-order valence-corrected chi connectivity index (χ3v) is 8.60. The fourth-order valence-electron chi connectivity index (χ4n) is 3.55. The first-order valence-corrected chi connectivity index (χ1v) is 13.7. The molecule has 10 heteroatoms. The molecule has 1 amide bonds. The number of nitrogens with one attached hydrogen (secondary N) is 1. The summed E-state index contributed by atoms with van der Waals surface area (Å²) in [5.41, 5.74) is 0.202. The normalized spacial score (nSPS) is 11.9. The molecule has 1 heterocycles. The van der Waals surface area contributed by atoms with E-state index in [4.69, 9.17) is 4.74 Å². The van der Waals surface area contributed by atoms with Gasteiger partial charge < -0.3 is 10.1 Å². The lowest BCUT2D eigenvalue weighted by Gasteiger charge is -2.22. The number of hydrogen-bond acceptors (Lipinski definition) is 7. The Kier molecular flexibility index (Phi) is 7.28. The van der Waals surface area contributed by atoms with Gasteiger partial charge in [-0.1, -0.05) is 68.5 Å². The molecule has 1 N–H and O–H groups in total. The molecule has 4 rings (SSSR count). The van der Waals surface area contributed by atoms with E-state index in [2.05, 4.69) is 15.5 Å². The number of fused-ring (bicyclic) bond motifs is 1. The zero-order chi connectivity index (χ0) is 25.9. The Bertz CT molecular complexity index is 1470. The standard InChI is InChI=1S/C26H28N4O4S2/c1-5-34-20-15-13-19(14-16-20)27-23(31)17-30(25-29-28-24(35-25)26(2,3)4)36(32,33)22-12-8-10-18-9-6-7-11-21(18)22/h6-16H,5,17H2,1-4H3,(H,27,31). The molecule has 188 valence electrons. The number of carbonyl (C=O) groups is 1. The number of nitrogens with zero attached hydrogens (tertiary/aromatic N) is 3. The summed E-state index contributed by atoms with van der Waals surface area (Å²) in [6, 6.07) is 19.2. The van der Waals surface area contributed by atoms with Crippen LogP contribution < -0.4 is 14.4 Å².